The number of nitrogens with one attached hydrogen (secondary N) is 1. The van der Waals surface area contributed by atoms with E-state index in [0.29, 0.717) is 12.3 Å². The number of anilines is 1. The molecular formula is C16H18N2O3. The van der Waals surface area contributed by atoms with Crippen LogP contribution in [0.3, 0.4) is 0 Å². The largest absolute Gasteiger partial charge is 0.494 e. The molecule has 0 atom stereocenters. The van der Waals surface area contributed by atoms with E-state index >= 15 is 0 Å². The van der Waals surface area contributed by atoms with Crippen molar-refractivity contribution in [2.75, 3.05) is 12.4 Å². The molecule has 0 aliphatic carbocycles. The van der Waals surface area contributed by atoms with E-state index in [9.17, 15) is 10.1 Å². The summed E-state index contributed by atoms with van der Waals surface area (Å²) in [5.74, 6) is 0.467. The number of methoxy groups -OCH3 is 1. The summed E-state index contributed by atoms with van der Waals surface area (Å²) in [6.07, 6.45) is 1.02. The molecule has 21 heavy (non-hydrogen) atoms. The maximum Gasteiger partial charge on any atom is 0.273 e. The van der Waals surface area contributed by atoms with Gasteiger partial charge in [0.1, 0.15) is 5.75 Å². The van der Waals surface area contributed by atoms with Crippen molar-refractivity contribution in [1.82, 2.24) is 0 Å². The van der Waals surface area contributed by atoms with Gasteiger partial charge in [-0.15, -0.1) is 0 Å². The normalized spacial score (nSPS) is 10.2. The number of nitrogens with zero attached hydrogens (tertiary/aromatic N) is 1. The van der Waals surface area contributed by atoms with Crippen molar-refractivity contribution in [3.63, 3.8) is 0 Å². The van der Waals surface area contributed by atoms with Crippen LogP contribution in [0.15, 0.2) is 42.5 Å². The third-order valence-electron chi connectivity index (χ3n) is 3.31. The Morgan fingerprint density at radius 1 is 1.14 bits per heavy atom. The summed E-state index contributed by atoms with van der Waals surface area (Å²) in [7, 11) is 1.50. The van der Waals surface area contributed by atoms with Gasteiger partial charge >= 0.3 is 0 Å². The zero-order chi connectivity index (χ0) is 15.2. The Labute approximate surface area is 123 Å². The average Bonchev–Trinajstić information content (AvgIpc) is 2.53. The lowest BCUT2D eigenvalue weighted by molar-refractivity contribution is -0.384. The molecule has 2 aromatic rings. The molecule has 0 amide bonds. The Kier molecular flexibility index (Phi) is 4.77. The predicted molar refractivity (Wildman–Crippen MR) is 82.8 cm³/mol. The van der Waals surface area contributed by atoms with Crippen LogP contribution in [0.25, 0.3) is 0 Å². The van der Waals surface area contributed by atoms with Gasteiger partial charge in [0.2, 0.25) is 0 Å². The molecule has 0 aliphatic heterocycles. The molecule has 1 N–H and O–H groups in total. The molecule has 110 valence electrons. The molecule has 0 heterocycles. The van der Waals surface area contributed by atoms with Crippen LogP contribution < -0.4 is 10.1 Å². The first kappa shape index (κ1) is 14.8. The lowest BCUT2D eigenvalue weighted by Gasteiger charge is -2.11. The quantitative estimate of drug-likeness (QED) is 0.648. The van der Waals surface area contributed by atoms with Gasteiger partial charge in [0.25, 0.3) is 5.69 Å². The highest BCUT2D eigenvalue weighted by Crippen LogP contribution is 2.29. The first-order chi connectivity index (χ1) is 10.1. The molecule has 0 bridgehead atoms. The first-order valence-electron chi connectivity index (χ1n) is 6.78. The van der Waals surface area contributed by atoms with Crippen LogP contribution in [0.4, 0.5) is 11.4 Å². The molecule has 5 nitrogen and oxygen atoms in total. The third kappa shape index (κ3) is 3.72. The highest BCUT2D eigenvalue weighted by Gasteiger charge is 2.11. The van der Waals surface area contributed by atoms with Gasteiger partial charge in [0.15, 0.2) is 0 Å². The number of non-ortho nitro benzene ring substituents is 1. The van der Waals surface area contributed by atoms with Gasteiger partial charge in [-0.05, 0) is 23.6 Å². The minimum absolute atomic E-state index is 0.0182. The van der Waals surface area contributed by atoms with Crippen LogP contribution in [-0.2, 0) is 13.0 Å². The van der Waals surface area contributed by atoms with E-state index < -0.39 is 4.92 Å². The van der Waals surface area contributed by atoms with Crippen LogP contribution in [0.2, 0.25) is 0 Å². The Morgan fingerprint density at radius 2 is 1.81 bits per heavy atom. The Balaban J connectivity index is 2.09. The summed E-state index contributed by atoms with van der Waals surface area (Å²) >= 11 is 0. The summed E-state index contributed by atoms with van der Waals surface area (Å²) in [4.78, 5) is 10.3. The molecule has 2 aromatic carbocycles. The van der Waals surface area contributed by atoms with Crippen LogP contribution in [0, 0.1) is 10.1 Å². The van der Waals surface area contributed by atoms with Gasteiger partial charge in [-0.25, -0.2) is 0 Å². The highest BCUT2D eigenvalue weighted by molar-refractivity contribution is 5.60. The van der Waals surface area contributed by atoms with Crippen molar-refractivity contribution < 1.29 is 9.66 Å². The summed E-state index contributed by atoms with van der Waals surface area (Å²) in [5, 5.41) is 14.0. The number of nitro benzene ring substituents is 1. The van der Waals surface area contributed by atoms with E-state index in [1.54, 1.807) is 6.07 Å². The first-order valence-corrected chi connectivity index (χ1v) is 6.78. The molecular weight excluding hydrogens is 268 g/mol. The van der Waals surface area contributed by atoms with Crippen LogP contribution >= 0.6 is 0 Å². The predicted octanol–water partition coefficient (Wildman–Crippen LogP) is 3.78. The van der Waals surface area contributed by atoms with E-state index in [-0.39, 0.29) is 5.69 Å². The maximum atomic E-state index is 10.7. The van der Waals surface area contributed by atoms with E-state index in [1.165, 1.54) is 24.8 Å². The second kappa shape index (κ2) is 6.74. The zero-order valence-corrected chi connectivity index (χ0v) is 12.1. The van der Waals surface area contributed by atoms with Gasteiger partial charge in [0, 0.05) is 12.6 Å². The molecule has 0 spiro atoms. The summed E-state index contributed by atoms with van der Waals surface area (Å²) < 4.78 is 5.19. The number of nitro groups is 1. The SMILES string of the molecule is CCc1ccc(CNc2ccc([N+](=O)[O-])cc2OC)cc1. The third-order valence-corrected chi connectivity index (χ3v) is 3.31. The van der Waals surface area contributed by atoms with Crippen LogP contribution in [0.1, 0.15) is 18.1 Å². The summed E-state index contributed by atoms with van der Waals surface area (Å²) in [6.45, 7) is 2.76. The fourth-order valence-corrected chi connectivity index (χ4v) is 2.03. The molecule has 0 aliphatic rings. The number of benzene rings is 2. The highest BCUT2D eigenvalue weighted by atomic mass is 16.6. The number of ether oxygens (including phenoxy) is 1. The molecule has 0 fully saturated rings. The van der Waals surface area contributed by atoms with Crippen molar-refractivity contribution in [2.24, 2.45) is 0 Å². The lowest BCUT2D eigenvalue weighted by Crippen LogP contribution is -2.02. The van der Waals surface area contributed by atoms with Crippen molar-refractivity contribution >= 4 is 11.4 Å². The summed E-state index contributed by atoms with van der Waals surface area (Å²) in [5.41, 5.74) is 3.20. The van der Waals surface area contributed by atoms with Gasteiger partial charge in [-0.2, -0.15) is 0 Å². The number of rotatable bonds is 6. The fraction of sp³-hybridized carbons (Fsp3) is 0.250. The molecule has 5 heteroatoms. The average molecular weight is 286 g/mol. The molecule has 0 saturated carbocycles. The van der Waals surface area contributed by atoms with E-state index in [4.69, 9.17) is 4.74 Å². The standard InChI is InChI=1S/C16H18N2O3/c1-3-12-4-6-13(7-5-12)11-17-15-9-8-14(18(19)20)10-16(15)21-2/h4-10,17H,3,11H2,1-2H3. The second-order valence-electron chi connectivity index (χ2n) is 4.67. The van der Waals surface area contributed by atoms with E-state index in [1.807, 2.05) is 0 Å². The van der Waals surface area contributed by atoms with Crippen molar-refractivity contribution in [2.45, 2.75) is 19.9 Å². The minimum Gasteiger partial charge on any atom is -0.494 e. The van der Waals surface area contributed by atoms with Gasteiger partial charge in [-0.3, -0.25) is 10.1 Å². The second-order valence-corrected chi connectivity index (χ2v) is 4.67. The number of hydrogen-bond donors (Lipinski definition) is 1. The van der Waals surface area contributed by atoms with Gasteiger partial charge in [-0.1, -0.05) is 31.2 Å². The number of hydrogen-bond acceptors (Lipinski definition) is 4. The lowest BCUT2D eigenvalue weighted by atomic mass is 10.1. The Bertz CT molecular complexity index is 624. The Hall–Kier alpha value is -2.56. The smallest absolute Gasteiger partial charge is 0.273 e. The molecule has 2 rings (SSSR count). The monoisotopic (exact) mass is 286 g/mol. The van der Waals surface area contributed by atoms with Crippen LogP contribution in [-0.4, -0.2) is 12.0 Å². The van der Waals surface area contributed by atoms with Crippen LogP contribution in [0.5, 0.6) is 5.75 Å². The Morgan fingerprint density at radius 3 is 2.38 bits per heavy atom. The molecule has 0 saturated heterocycles. The van der Waals surface area contributed by atoms with Crippen molar-refractivity contribution in [3.8, 4) is 5.75 Å². The molecule has 0 unspecified atom stereocenters. The topological polar surface area (TPSA) is 64.4 Å². The molecule has 0 radical (unpaired) electrons. The van der Waals surface area contributed by atoms with E-state index in [2.05, 4.69) is 36.5 Å². The van der Waals surface area contributed by atoms with Crippen molar-refractivity contribution in [1.29, 1.82) is 0 Å². The molecule has 0 aromatic heterocycles. The van der Waals surface area contributed by atoms with Crippen molar-refractivity contribution in [3.05, 3.63) is 63.7 Å². The summed E-state index contributed by atoms with van der Waals surface area (Å²) in [6, 6.07) is 12.9. The minimum atomic E-state index is -0.435. The van der Waals surface area contributed by atoms with Gasteiger partial charge in [0.05, 0.1) is 23.8 Å². The number of aryl methyl sites for hydroxylation is 1. The maximum absolute atomic E-state index is 10.7. The van der Waals surface area contributed by atoms with E-state index in [0.717, 1.165) is 17.7 Å². The fourth-order valence-electron chi connectivity index (χ4n) is 2.03. The zero-order valence-electron chi connectivity index (χ0n) is 12.1. The van der Waals surface area contributed by atoms with Gasteiger partial charge < -0.3 is 10.1 Å².